The summed E-state index contributed by atoms with van der Waals surface area (Å²) in [6.45, 7) is 0. The molecule has 37 heavy (non-hydrogen) atoms. The number of pyridine rings is 1. The fourth-order valence-electron chi connectivity index (χ4n) is 3.98. The number of fused-ring (bicyclic) bond motifs is 4. The van der Waals surface area contributed by atoms with Crippen LogP contribution >= 0.6 is 11.3 Å². The maximum absolute atomic E-state index is 8.44. The van der Waals surface area contributed by atoms with Gasteiger partial charge in [-0.25, -0.2) is 0 Å². The van der Waals surface area contributed by atoms with Crippen molar-refractivity contribution in [2.75, 3.05) is 5.73 Å². The Morgan fingerprint density at radius 1 is 0.838 bits per heavy atom. The Labute approximate surface area is 240 Å². The monoisotopic (exact) mass is 532 g/mol. The zero-order valence-corrected chi connectivity index (χ0v) is 23.3. The fraction of sp³-hybridized carbons (Fsp3) is 0. The Bertz CT molecular complexity index is 1860. The van der Waals surface area contributed by atoms with E-state index in [2.05, 4.69) is 63.7 Å². The van der Waals surface area contributed by atoms with Gasteiger partial charge in [-0.05, 0) is 24.3 Å². The molecule has 0 amide bonds. The minimum atomic E-state index is -3.11. The summed E-state index contributed by atoms with van der Waals surface area (Å²) in [5.41, 5.74) is 10.1. The van der Waals surface area contributed by atoms with Gasteiger partial charge in [-0.1, -0.05) is 41.8 Å². The molecule has 7 nitrogen and oxygen atoms in total. The number of anilines is 1. The normalized spacial score (nSPS) is 10.8. The van der Waals surface area contributed by atoms with Gasteiger partial charge in [0.2, 0.25) is 0 Å². The maximum Gasteiger partial charge on any atom is 1.00 e. The smallest absolute Gasteiger partial charge is 0.397 e. The van der Waals surface area contributed by atoms with E-state index >= 15 is 0 Å². The van der Waals surface area contributed by atoms with E-state index in [1.807, 2.05) is 42.5 Å². The zero-order chi connectivity index (χ0) is 25.1. The van der Waals surface area contributed by atoms with Crippen LogP contribution in [-0.4, -0.2) is 17.6 Å². The number of rotatable bonds is 3. The number of hydrogen-bond acceptors (Lipinski definition) is 8. The van der Waals surface area contributed by atoms with Crippen molar-refractivity contribution in [3.63, 3.8) is 0 Å². The first-order valence-corrected chi connectivity index (χ1v) is 12.6. The largest absolute Gasteiger partial charge is 1.00 e. The molecule has 0 aliphatic heterocycles. The fourth-order valence-corrected chi connectivity index (χ4v) is 5.21. The average Bonchev–Trinajstić information content (AvgIpc) is 3.27. The van der Waals surface area contributed by atoms with Crippen molar-refractivity contribution in [1.29, 1.82) is 0 Å². The van der Waals surface area contributed by atoms with Crippen LogP contribution in [0.2, 0.25) is 0 Å². The number of hydrogen-bond donors (Lipinski definition) is 1. The van der Waals surface area contributed by atoms with Gasteiger partial charge in [0.05, 0.1) is 23.3 Å². The maximum atomic E-state index is 8.44. The van der Waals surface area contributed by atoms with Gasteiger partial charge in [0.1, 0.15) is 5.69 Å². The van der Waals surface area contributed by atoms with Crippen molar-refractivity contribution in [1.82, 2.24) is 4.98 Å². The summed E-state index contributed by atoms with van der Waals surface area (Å²) in [5, 5.41) is 13.4. The summed E-state index contributed by atoms with van der Waals surface area (Å²) in [4.78, 5) is 4.68. The molecule has 6 aromatic rings. The van der Waals surface area contributed by atoms with Crippen LogP contribution in [0.25, 0.3) is 42.2 Å². The molecule has 0 aliphatic carbocycles. The second kappa shape index (κ2) is 11.7. The second-order valence-corrected chi connectivity index (χ2v) is 9.20. The molecule has 0 spiro atoms. The van der Waals surface area contributed by atoms with Crippen molar-refractivity contribution in [2.24, 2.45) is 10.2 Å². The number of aromatic nitrogens is 1. The van der Waals surface area contributed by atoms with Gasteiger partial charge < -0.3 is 5.73 Å². The van der Waals surface area contributed by atoms with Crippen molar-refractivity contribution in [3.8, 4) is 11.3 Å². The molecule has 10 heteroatoms. The first-order valence-electron chi connectivity index (χ1n) is 10.7. The summed E-state index contributed by atoms with van der Waals surface area (Å²) in [6.07, 6.45) is 1.75. The third kappa shape index (κ3) is 5.76. The molecular weight excluding hydrogens is 515 g/mol. The summed E-state index contributed by atoms with van der Waals surface area (Å²) in [6, 6.07) is 31.4. The van der Waals surface area contributed by atoms with E-state index < -0.39 is 10.6 Å². The second-order valence-electron chi connectivity index (χ2n) is 7.74. The third-order valence-electron chi connectivity index (χ3n) is 5.56. The van der Waals surface area contributed by atoms with Gasteiger partial charge in [-0.2, -0.15) is 24.3 Å². The van der Waals surface area contributed by atoms with Crippen LogP contribution in [0, 0.1) is 6.07 Å². The van der Waals surface area contributed by atoms with E-state index in [1.165, 1.54) is 20.2 Å². The van der Waals surface area contributed by atoms with Crippen LogP contribution in [0.4, 0.5) is 17.1 Å². The Kier molecular flexibility index (Phi) is 8.42. The molecule has 0 unspecified atom stereocenters. The predicted molar refractivity (Wildman–Crippen MR) is 144 cm³/mol. The average molecular weight is 533 g/mol. The molecule has 0 atom stereocenters. The first-order chi connectivity index (χ1) is 17.5. The van der Waals surface area contributed by atoms with Gasteiger partial charge in [0, 0.05) is 25.7 Å². The molecule has 2 N–H and O–H groups in total. The van der Waals surface area contributed by atoms with E-state index in [0.29, 0.717) is 17.1 Å². The number of thiophene rings is 1. The number of benzene rings is 4. The van der Waals surface area contributed by atoms with Gasteiger partial charge in [-0.3, -0.25) is 4.98 Å². The Balaban J connectivity index is 0.000000599. The first kappa shape index (κ1) is 26.6. The number of azo groups is 1. The van der Waals surface area contributed by atoms with E-state index in [9.17, 15) is 0 Å². The van der Waals surface area contributed by atoms with Gasteiger partial charge in [0.25, 0.3) is 0 Å². The van der Waals surface area contributed by atoms with Crippen molar-refractivity contribution < 1.29 is 42.2 Å². The number of nitrogens with zero attached hydrogens (tertiary/aromatic N) is 3. The van der Waals surface area contributed by atoms with Gasteiger partial charge >= 0.3 is 40.2 Å². The van der Waals surface area contributed by atoms with Crippen LogP contribution in [-0.2, 0) is 10.6 Å². The van der Waals surface area contributed by atoms with Crippen LogP contribution in [0.1, 0.15) is 0 Å². The van der Waals surface area contributed by atoms with E-state index in [1.54, 1.807) is 17.5 Å². The number of nitrogens with two attached hydrogens (primary N) is 1. The van der Waals surface area contributed by atoms with Crippen LogP contribution in [0.15, 0.2) is 101 Å². The summed E-state index contributed by atoms with van der Waals surface area (Å²) < 4.78 is 27.9. The molecule has 0 bridgehead atoms. The van der Waals surface area contributed by atoms with E-state index in [0.717, 1.165) is 22.0 Å². The van der Waals surface area contributed by atoms with Crippen LogP contribution in [0.3, 0.4) is 0 Å². The quantitative estimate of drug-likeness (QED) is 0.160. The molecule has 0 saturated carbocycles. The van der Waals surface area contributed by atoms with E-state index in [-0.39, 0.29) is 29.6 Å². The molecule has 4 aromatic carbocycles. The van der Waals surface area contributed by atoms with Crippen molar-refractivity contribution in [2.45, 2.75) is 0 Å². The molecule has 2 heterocycles. The van der Waals surface area contributed by atoms with Crippen LogP contribution < -0.4 is 35.3 Å². The SMILES string of the molecule is Nc1ccc2c[c-]ccc2c1N=Nc1ccc(-c2cccc3c2sc2ccccc23)nc1.O=S(=O)=O.[Na+]. The molecule has 0 fully saturated rings. The summed E-state index contributed by atoms with van der Waals surface area (Å²) in [5.74, 6) is 0. The van der Waals surface area contributed by atoms with Crippen molar-refractivity contribution >= 4 is 70.0 Å². The van der Waals surface area contributed by atoms with Crippen LogP contribution in [0.5, 0.6) is 0 Å². The molecular formula is C27H17N4NaO3S2. The number of nitrogen functional groups attached to an aromatic ring is 1. The molecule has 6 rings (SSSR count). The standard InChI is InChI=1S/C27H17N4S.Na.O3S/c28-23-14-12-17-6-1-2-7-19(17)26(23)31-30-18-13-15-24(29-16-18)22-10-5-9-21-20-8-3-4-11-25(20)32-27(21)22;;1-4(2)3/h2-16H,28H2;;/q-1;+1;. The Hall–Kier alpha value is -3.47. The third-order valence-corrected chi connectivity index (χ3v) is 6.78. The molecule has 0 radical (unpaired) electrons. The molecule has 176 valence electrons. The molecule has 0 aliphatic rings. The minimum absolute atomic E-state index is 0. The zero-order valence-electron chi connectivity index (χ0n) is 19.6. The summed E-state index contributed by atoms with van der Waals surface area (Å²) >= 11 is 1.80. The Morgan fingerprint density at radius 3 is 2.41 bits per heavy atom. The van der Waals surface area contributed by atoms with Gasteiger partial charge in [-0.15, -0.1) is 45.6 Å². The predicted octanol–water partition coefficient (Wildman–Crippen LogP) is 4.07. The van der Waals surface area contributed by atoms with E-state index in [4.69, 9.17) is 18.4 Å². The molecule has 2 aromatic heterocycles. The Morgan fingerprint density at radius 2 is 1.62 bits per heavy atom. The molecule has 0 saturated heterocycles. The summed E-state index contributed by atoms with van der Waals surface area (Å²) in [7, 11) is -3.11. The minimum Gasteiger partial charge on any atom is -0.397 e. The van der Waals surface area contributed by atoms with Crippen molar-refractivity contribution in [3.05, 3.63) is 97.2 Å². The van der Waals surface area contributed by atoms with Gasteiger partial charge in [0.15, 0.2) is 0 Å². The topological polar surface area (TPSA) is 115 Å².